The fourth-order valence-electron chi connectivity index (χ4n) is 9.73. The second-order valence-corrected chi connectivity index (χ2v) is 19.5. The minimum absolute atomic E-state index is 0.0172. The first-order chi connectivity index (χ1) is 34.4. The van der Waals surface area contributed by atoms with Crippen molar-refractivity contribution in [3.05, 3.63) is 70.5 Å². The van der Waals surface area contributed by atoms with Gasteiger partial charge in [0, 0.05) is 90.2 Å². The first-order valence-corrected chi connectivity index (χ1v) is 25.6. The number of nitrogens with one attached hydrogen (secondary N) is 3. The minimum atomic E-state index is -1.15. The molecule has 5 aromatic rings. The molecular weight excluding hydrogens is 939 g/mol. The summed E-state index contributed by atoms with van der Waals surface area (Å²) in [6.45, 7) is 6.38. The number of likely N-dealkylation sites (tertiary alicyclic amines) is 1. The van der Waals surface area contributed by atoms with Crippen LogP contribution in [0.4, 0.5) is 8.78 Å². The van der Waals surface area contributed by atoms with Crippen LogP contribution in [0.1, 0.15) is 78.4 Å². The van der Waals surface area contributed by atoms with E-state index in [-0.39, 0.29) is 98.5 Å². The van der Waals surface area contributed by atoms with Crippen LogP contribution in [0.25, 0.3) is 21.1 Å². The number of thiophene rings is 1. The second-order valence-electron chi connectivity index (χ2n) is 18.5. The molecule has 0 radical (unpaired) electrons. The molecule has 3 fully saturated rings. The zero-order chi connectivity index (χ0) is 50.0. The molecule has 6 heterocycles. The standard InChI is InChI=1S/C50H66F2N10O8S/c1-32(53-2)47(63)56-44(33-8-6-5-7-9-33)49(65)61-18-20-62(21-19-61)50(66)45-43(36-29-37(51)38(52)30-40(36)58(45)3)48(64)55-15-22-67-23-24-68-25-26-69-42-28-34(59(4)57-42)31-60-16-11-35(12-17-60)70-41-10-14-54-39-13-27-71-46(39)41/h10,13-14,27-30,32-33,35,44,53H,5-9,11-12,15-26,31H2,1-4H3,(H,55,64)(H,56,63)/t32-,44?/m0/s1. The van der Waals surface area contributed by atoms with E-state index in [1.165, 1.54) is 16.5 Å². The molecule has 2 saturated heterocycles. The molecule has 1 aliphatic carbocycles. The number of amides is 4. The van der Waals surface area contributed by atoms with E-state index in [4.69, 9.17) is 18.9 Å². The molecule has 3 aliphatic rings. The van der Waals surface area contributed by atoms with E-state index in [9.17, 15) is 28.0 Å². The van der Waals surface area contributed by atoms with Gasteiger partial charge in [0.2, 0.25) is 17.7 Å². The fraction of sp³-hybridized carbons (Fsp3) is 0.560. The summed E-state index contributed by atoms with van der Waals surface area (Å²) in [5, 5.41) is 15.3. The first-order valence-electron chi connectivity index (χ1n) is 24.7. The van der Waals surface area contributed by atoms with Crippen molar-refractivity contribution in [3.8, 4) is 11.6 Å². The van der Waals surface area contributed by atoms with Gasteiger partial charge in [-0.1, -0.05) is 19.3 Å². The molecule has 1 saturated carbocycles. The number of carbonyl (C=O) groups excluding carboxylic acids is 4. The number of piperidine rings is 1. The molecule has 384 valence electrons. The summed E-state index contributed by atoms with van der Waals surface area (Å²) in [5.74, 6) is -2.41. The van der Waals surface area contributed by atoms with Crippen LogP contribution in [0.15, 0.2) is 41.9 Å². The molecule has 0 spiro atoms. The SMILES string of the molecule is CN[C@@H](C)C(=O)NC(C(=O)N1CCN(C(=O)c2c(C(=O)NCCOCCOCCOc3cc(CN4CCC(Oc5ccnc6ccsc56)CC4)n(C)n3)c3cc(F)c(F)cc3n2C)CC1)C1CCCCC1. The molecule has 18 nitrogen and oxygen atoms in total. The maximum Gasteiger partial charge on any atom is 0.271 e. The fourth-order valence-corrected chi connectivity index (χ4v) is 10.5. The van der Waals surface area contributed by atoms with E-state index in [1.807, 2.05) is 35.3 Å². The van der Waals surface area contributed by atoms with E-state index in [0.717, 1.165) is 98.4 Å². The van der Waals surface area contributed by atoms with E-state index >= 15 is 0 Å². The van der Waals surface area contributed by atoms with E-state index in [0.29, 0.717) is 19.1 Å². The van der Waals surface area contributed by atoms with E-state index in [1.54, 1.807) is 36.4 Å². The summed E-state index contributed by atoms with van der Waals surface area (Å²) in [6.07, 6.45) is 8.58. The van der Waals surface area contributed by atoms with Crippen LogP contribution in [0, 0.1) is 17.6 Å². The lowest BCUT2D eigenvalue weighted by molar-refractivity contribution is -0.140. The number of aryl methyl sites for hydroxylation is 2. The smallest absolute Gasteiger partial charge is 0.271 e. The maximum atomic E-state index is 14.7. The monoisotopic (exact) mass is 1000 g/mol. The Kier molecular flexibility index (Phi) is 17.5. The molecule has 0 bridgehead atoms. The average Bonchev–Trinajstić information content (AvgIpc) is 4.09. The third kappa shape index (κ3) is 12.5. The Morgan fingerprint density at radius 2 is 1.56 bits per heavy atom. The second kappa shape index (κ2) is 24.1. The Labute approximate surface area is 416 Å². The highest BCUT2D eigenvalue weighted by Crippen LogP contribution is 2.33. The van der Waals surface area contributed by atoms with Crippen molar-refractivity contribution in [2.45, 2.75) is 76.6 Å². The van der Waals surface area contributed by atoms with Crippen LogP contribution < -0.4 is 25.4 Å². The number of pyridine rings is 1. The van der Waals surface area contributed by atoms with Crippen LogP contribution >= 0.6 is 11.3 Å². The predicted molar refractivity (Wildman–Crippen MR) is 264 cm³/mol. The van der Waals surface area contributed by atoms with Crippen LogP contribution in [0.5, 0.6) is 11.6 Å². The number of aromatic nitrogens is 4. The Morgan fingerprint density at radius 3 is 2.31 bits per heavy atom. The molecule has 8 rings (SSSR count). The zero-order valence-electron chi connectivity index (χ0n) is 41.1. The lowest BCUT2D eigenvalue weighted by Gasteiger charge is -2.39. The number of likely N-dealkylation sites (N-methyl/N-ethyl adjacent to an activating group) is 1. The molecule has 71 heavy (non-hydrogen) atoms. The van der Waals surface area contributed by atoms with Gasteiger partial charge in [0.15, 0.2) is 11.6 Å². The van der Waals surface area contributed by atoms with Crippen LogP contribution in [0.2, 0.25) is 0 Å². The largest absolute Gasteiger partial charge is 0.489 e. The highest BCUT2D eigenvalue weighted by Gasteiger charge is 2.38. The number of hydrogen-bond donors (Lipinski definition) is 3. The van der Waals surface area contributed by atoms with Crippen molar-refractivity contribution in [1.82, 2.24) is 50.0 Å². The lowest BCUT2D eigenvalue weighted by Crippen LogP contribution is -2.59. The van der Waals surface area contributed by atoms with Gasteiger partial charge in [-0.2, -0.15) is 0 Å². The number of halogens is 2. The van der Waals surface area contributed by atoms with Gasteiger partial charge >= 0.3 is 0 Å². The summed E-state index contributed by atoms with van der Waals surface area (Å²) in [5.41, 5.74) is 2.07. The normalized spacial score (nSPS) is 17.2. The molecular formula is C50H66F2N10O8S. The Hall–Kier alpha value is -5.74. The van der Waals surface area contributed by atoms with Crippen LogP contribution in [-0.4, -0.2) is 162 Å². The van der Waals surface area contributed by atoms with Crippen LogP contribution in [-0.2, 0) is 39.7 Å². The van der Waals surface area contributed by atoms with E-state index in [2.05, 4.69) is 30.9 Å². The Bertz CT molecular complexity index is 2640. The summed E-state index contributed by atoms with van der Waals surface area (Å²) >= 11 is 1.65. The van der Waals surface area contributed by atoms with Gasteiger partial charge in [0.05, 0.1) is 59.5 Å². The summed E-state index contributed by atoms with van der Waals surface area (Å²) in [6, 6.07) is 6.67. The number of nitrogens with zero attached hydrogens (tertiary/aromatic N) is 7. The van der Waals surface area contributed by atoms with Crippen molar-refractivity contribution in [2.75, 3.05) is 85.9 Å². The number of carbonyl (C=O) groups is 4. The molecule has 2 aliphatic heterocycles. The van der Waals surface area contributed by atoms with Gasteiger partial charge in [0.1, 0.15) is 30.2 Å². The number of ether oxygens (including phenoxy) is 4. The van der Waals surface area contributed by atoms with Crippen molar-refractivity contribution in [3.63, 3.8) is 0 Å². The average molecular weight is 1010 g/mol. The van der Waals surface area contributed by atoms with Gasteiger partial charge in [-0.25, -0.2) is 8.78 Å². The van der Waals surface area contributed by atoms with Gasteiger partial charge in [0.25, 0.3) is 11.8 Å². The van der Waals surface area contributed by atoms with E-state index < -0.39 is 35.5 Å². The molecule has 3 N–H and O–H groups in total. The molecule has 21 heteroatoms. The molecule has 1 aromatic carbocycles. The third-order valence-electron chi connectivity index (χ3n) is 13.9. The molecule has 4 amide bonds. The number of hydrogen-bond acceptors (Lipinski definition) is 13. The number of benzene rings is 1. The minimum Gasteiger partial charge on any atom is -0.489 e. The maximum absolute atomic E-state index is 14.7. The van der Waals surface area contributed by atoms with Crippen molar-refractivity contribution >= 4 is 56.1 Å². The van der Waals surface area contributed by atoms with Gasteiger partial charge in [-0.3, -0.25) is 33.7 Å². The summed E-state index contributed by atoms with van der Waals surface area (Å²) < 4.78 is 57.2. The first kappa shape index (κ1) is 51.6. The quantitative estimate of drug-likeness (QED) is 0.0867. The van der Waals surface area contributed by atoms with Crippen LogP contribution in [0.3, 0.4) is 0 Å². The van der Waals surface area contributed by atoms with Gasteiger partial charge in [-0.05, 0) is 69.2 Å². The van der Waals surface area contributed by atoms with Crippen molar-refractivity contribution < 1.29 is 46.9 Å². The Morgan fingerprint density at radius 1 is 0.859 bits per heavy atom. The summed E-state index contributed by atoms with van der Waals surface area (Å²) in [4.78, 5) is 65.0. The topological polar surface area (TPSA) is 187 Å². The highest BCUT2D eigenvalue weighted by molar-refractivity contribution is 7.17. The third-order valence-corrected chi connectivity index (χ3v) is 14.8. The number of piperazine rings is 1. The zero-order valence-corrected chi connectivity index (χ0v) is 41.9. The number of rotatable bonds is 21. The highest BCUT2D eigenvalue weighted by atomic mass is 32.1. The van der Waals surface area contributed by atoms with Gasteiger partial charge in [-0.15, -0.1) is 16.4 Å². The molecule has 1 unspecified atom stereocenters. The number of fused-ring (bicyclic) bond motifs is 2. The molecule has 4 aromatic heterocycles. The Balaban J connectivity index is 0.758. The van der Waals surface area contributed by atoms with Crippen molar-refractivity contribution in [1.29, 1.82) is 0 Å². The predicted octanol–water partition coefficient (Wildman–Crippen LogP) is 4.64. The lowest BCUT2D eigenvalue weighted by atomic mass is 9.83. The molecule has 2 atom stereocenters. The van der Waals surface area contributed by atoms with Gasteiger partial charge < -0.3 is 49.3 Å². The van der Waals surface area contributed by atoms with Crippen molar-refractivity contribution in [2.24, 2.45) is 20.0 Å². The summed E-state index contributed by atoms with van der Waals surface area (Å²) in [7, 11) is 5.13.